The van der Waals surface area contributed by atoms with Crippen LogP contribution in [-0.2, 0) is 6.54 Å². The summed E-state index contributed by atoms with van der Waals surface area (Å²) in [4.78, 5) is 15.7. The van der Waals surface area contributed by atoms with Crippen LogP contribution in [0.15, 0.2) is 34.9 Å². The summed E-state index contributed by atoms with van der Waals surface area (Å²) < 4.78 is 5.16. The van der Waals surface area contributed by atoms with Crippen molar-refractivity contribution in [3.63, 3.8) is 0 Å². The molecule has 3 N–H and O–H groups in total. The lowest BCUT2D eigenvalue weighted by Gasteiger charge is -2.05. The van der Waals surface area contributed by atoms with E-state index in [-0.39, 0.29) is 18.2 Å². The molecule has 0 aliphatic carbocycles. The quantitative estimate of drug-likeness (QED) is 0.842. The molecule has 2 rings (SSSR count). The van der Waals surface area contributed by atoms with Crippen molar-refractivity contribution in [2.75, 3.05) is 5.32 Å². The van der Waals surface area contributed by atoms with E-state index in [1.807, 2.05) is 31.2 Å². The van der Waals surface area contributed by atoms with Gasteiger partial charge in [-0.25, -0.2) is 4.98 Å². The number of nitrogens with zero attached hydrogens (tertiary/aromatic N) is 1. The van der Waals surface area contributed by atoms with Gasteiger partial charge >= 0.3 is 0 Å². The highest BCUT2D eigenvalue weighted by Gasteiger charge is 2.12. The van der Waals surface area contributed by atoms with Crippen LogP contribution in [-0.4, -0.2) is 10.9 Å². The number of hydrogen-bond donors (Lipinski definition) is 2. The number of benzene rings is 1. The fourth-order valence-electron chi connectivity index (χ4n) is 1.41. The van der Waals surface area contributed by atoms with Gasteiger partial charge < -0.3 is 15.5 Å². The molecule has 0 unspecified atom stereocenters. The van der Waals surface area contributed by atoms with Gasteiger partial charge in [0.25, 0.3) is 5.91 Å². The summed E-state index contributed by atoms with van der Waals surface area (Å²) in [5, 5.41) is 2.75. The number of amides is 1. The second kappa shape index (κ2) is 4.80. The Hall–Kier alpha value is -2.14. The zero-order valence-electron chi connectivity index (χ0n) is 9.43. The first-order chi connectivity index (χ1) is 8.20. The second-order valence-corrected chi connectivity index (χ2v) is 3.59. The van der Waals surface area contributed by atoms with Gasteiger partial charge in [0.15, 0.2) is 0 Å². The number of nitrogens with two attached hydrogens (primary N) is 1. The number of oxazole rings is 1. The topological polar surface area (TPSA) is 81.2 Å². The number of aromatic nitrogens is 1. The van der Waals surface area contributed by atoms with Crippen LogP contribution in [0.5, 0.6) is 0 Å². The average Bonchev–Trinajstić information content (AvgIpc) is 2.81. The molecule has 17 heavy (non-hydrogen) atoms. The van der Waals surface area contributed by atoms with Crippen molar-refractivity contribution in [3.05, 3.63) is 47.7 Å². The standard InChI is InChI=1S/C12H13N3O2/c1-8-4-2-3-5-9(8)15-12(16)10-7-14-11(6-13)17-10/h2-5,7H,6,13H2,1H3,(H,15,16). The maximum Gasteiger partial charge on any atom is 0.293 e. The third-order valence-corrected chi connectivity index (χ3v) is 2.35. The van der Waals surface area contributed by atoms with Gasteiger partial charge in [0.2, 0.25) is 11.7 Å². The van der Waals surface area contributed by atoms with Crippen LogP contribution >= 0.6 is 0 Å². The van der Waals surface area contributed by atoms with E-state index in [4.69, 9.17) is 10.2 Å². The van der Waals surface area contributed by atoms with Crippen molar-refractivity contribution in [1.82, 2.24) is 4.98 Å². The molecule has 88 valence electrons. The van der Waals surface area contributed by atoms with Gasteiger partial charge in [-0.05, 0) is 18.6 Å². The summed E-state index contributed by atoms with van der Waals surface area (Å²) in [6.45, 7) is 2.10. The van der Waals surface area contributed by atoms with Crippen molar-refractivity contribution in [1.29, 1.82) is 0 Å². The lowest BCUT2D eigenvalue weighted by Crippen LogP contribution is -2.11. The molecule has 1 amide bonds. The zero-order valence-corrected chi connectivity index (χ0v) is 9.43. The monoisotopic (exact) mass is 231 g/mol. The van der Waals surface area contributed by atoms with Crippen LogP contribution < -0.4 is 11.1 Å². The van der Waals surface area contributed by atoms with E-state index >= 15 is 0 Å². The minimum absolute atomic E-state index is 0.161. The molecule has 0 atom stereocenters. The van der Waals surface area contributed by atoms with Gasteiger partial charge in [0.05, 0.1) is 12.7 Å². The Balaban J connectivity index is 2.14. The zero-order chi connectivity index (χ0) is 12.3. The van der Waals surface area contributed by atoms with E-state index in [1.54, 1.807) is 0 Å². The van der Waals surface area contributed by atoms with Gasteiger partial charge in [0, 0.05) is 5.69 Å². The Morgan fingerprint density at radius 3 is 2.88 bits per heavy atom. The minimum atomic E-state index is -0.327. The summed E-state index contributed by atoms with van der Waals surface area (Å²) in [6, 6.07) is 7.51. The molecular weight excluding hydrogens is 218 g/mol. The first-order valence-corrected chi connectivity index (χ1v) is 5.22. The number of hydrogen-bond acceptors (Lipinski definition) is 4. The van der Waals surface area contributed by atoms with Crippen molar-refractivity contribution in [2.24, 2.45) is 5.73 Å². The Morgan fingerprint density at radius 2 is 2.24 bits per heavy atom. The van der Waals surface area contributed by atoms with Gasteiger partial charge in [0.1, 0.15) is 0 Å². The average molecular weight is 231 g/mol. The molecule has 0 aliphatic rings. The van der Waals surface area contributed by atoms with Gasteiger partial charge in [-0.1, -0.05) is 18.2 Å². The lowest BCUT2D eigenvalue weighted by molar-refractivity contribution is 0.0995. The molecule has 0 fully saturated rings. The minimum Gasteiger partial charge on any atom is -0.434 e. The van der Waals surface area contributed by atoms with Crippen LogP contribution in [0.2, 0.25) is 0 Å². The van der Waals surface area contributed by atoms with E-state index in [1.165, 1.54) is 6.20 Å². The summed E-state index contributed by atoms with van der Waals surface area (Å²) in [7, 11) is 0. The van der Waals surface area contributed by atoms with E-state index in [0.29, 0.717) is 5.89 Å². The molecule has 1 aromatic carbocycles. The Kier molecular flexibility index (Phi) is 3.20. The smallest absolute Gasteiger partial charge is 0.293 e. The molecule has 0 saturated heterocycles. The van der Waals surface area contributed by atoms with Crippen LogP contribution in [0, 0.1) is 6.92 Å². The number of carbonyl (C=O) groups excluding carboxylic acids is 1. The maximum absolute atomic E-state index is 11.8. The van der Waals surface area contributed by atoms with E-state index in [9.17, 15) is 4.79 Å². The molecule has 0 radical (unpaired) electrons. The molecule has 0 saturated carbocycles. The van der Waals surface area contributed by atoms with Crippen LogP contribution in [0.1, 0.15) is 22.0 Å². The number of rotatable bonds is 3. The van der Waals surface area contributed by atoms with Gasteiger partial charge in [-0.2, -0.15) is 0 Å². The lowest BCUT2D eigenvalue weighted by atomic mass is 10.2. The van der Waals surface area contributed by atoms with Crippen molar-refractivity contribution >= 4 is 11.6 Å². The van der Waals surface area contributed by atoms with E-state index in [2.05, 4.69) is 10.3 Å². The fourth-order valence-corrected chi connectivity index (χ4v) is 1.41. The molecule has 1 heterocycles. The highest BCUT2D eigenvalue weighted by molar-refractivity contribution is 6.02. The van der Waals surface area contributed by atoms with Crippen LogP contribution in [0.4, 0.5) is 5.69 Å². The first kappa shape index (κ1) is 11.3. The van der Waals surface area contributed by atoms with Crippen molar-refractivity contribution in [2.45, 2.75) is 13.5 Å². The molecule has 0 spiro atoms. The van der Waals surface area contributed by atoms with E-state index < -0.39 is 0 Å². The van der Waals surface area contributed by atoms with Crippen LogP contribution in [0.3, 0.4) is 0 Å². The largest absolute Gasteiger partial charge is 0.434 e. The molecule has 0 aliphatic heterocycles. The SMILES string of the molecule is Cc1ccccc1NC(=O)c1cnc(CN)o1. The van der Waals surface area contributed by atoms with Crippen LogP contribution in [0.25, 0.3) is 0 Å². The molecular formula is C12H13N3O2. The Morgan fingerprint density at radius 1 is 1.47 bits per heavy atom. The summed E-state index contributed by atoms with van der Waals surface area (Å²) in [6.07, 6.45) is 1.37. The first-order valence-electron chi connectivity index (χ1n) is 5.22. The third-order valence-electron chi connectivity index (χ3n) is 2.35. The predicted octanol–water partition coefficient (Wildman–Crippen LogP) is 1.69. The number of aryl methyl sites for hydroxylation is 1. The van der Waals surface area contributed by atoms with Gasteiger partial charge in [-0.3, -0.25) is 4.79 Å². The third kappa shape index (κ3) is 2.51. The molecule has 2 aromatic rings. The summed E-state index contributed by atoms with van der Waals surface area (Å²) in [5.74, 6) is 0.181. The summed E-state index contributed by atoms with van der Waals surface area (Å²) >= 11 is 0. The Labute approximate surface area is 98.6 Å². The van der Waals surface area contributed by atoms with Crippen molar-refractivity contribution in [3.8, 4) is 0 Å². The number of anilines is 1. The number of nitrogens with one attached hydrogen (secondary N) is 1. The highest BCUT2D eigenvalue weighted by atomic mass is 16.4. The van der Waals surface area contributed by atoms with Gasteiger partial charge in [-0.15, -0.1) is 0 Å². The molecule has 5 nitrogen and oxygen atoms in total. The fraction of sp³-hybridized carbons (Fsp3) is 0.167. The number of para-hydroxylation sites is 1. The summed E-state index contributed by atoms with van der Waals surface area (Å²) in [5.41, 5.74) is 7.09. The van der Waals surface area contributed by atoms with Crippen molar-refractivity contribution < 1.29 is 9.21 Å². The molecule has 1 aromatic heterocycles. The molecule has 0 bridgehead atoms. The normalized spacial score (nSPS) is 10.2. The maximum atomic E-state index is 11.8. The second-order valence-electron chi connectivity index (χ2n) is 3.59. The highest BCUT2D eigenvalue weighted by Crippen LogP contribution is 2.14. The molecule has 5 heteroatoms. The Bertz CT molecular complexity index is 534. The van der Waals surface area contributed by atoms with E-state index in [0.717, 1.165) is 11.3 Å². The predicted molar refractivity (Wildman–Crippen MR) is 63.5 cm³/mol. The number of carbonyl (C=O) groups is 1.